The summed E-state index contributed by atoms with van der Waals surface area (Å²) < 4.78 is 0. The number of carbonyl (C=O) groups excluding carboxylic acids is 1. The van der Waals surface area contributed by atoms with Crippen molar-refractivity contribution in [3.05, 3.63) is 0 Å². The third-order valence-corrected chi connectivity index (χ3v) is 3.67. The highest BCUT2D eigenvalue weighted by Gasteiger charge is 2.24. The van der Waals surface area contributed by atoms with Gasteiger partial charge in [-0.15, -0.1) is 0 Å². The fraction of sp³-hybridized carbons (Fsp3) is 0.857. The predicted molar refractivity (Wildman–Crippen MR) is 70.2 cm³/mol. The first kappa shape index (κ1) is 15.0. The second-order valence-corrected chi connectivity index (χ2v) is 5.46. The second-order valence-electron chi connectivity index (χ2n) is 5.46. The molecule has 2 atom stereocenters. The van der Waals surface area contributed by atoms with E-state index in [1.54, 1.807) is 0 Å². The molecule has 1 fully saturated rings. The zero-order valence-corrected chi connectivity index (χ0v) is 11.3. The largest absolute Gasteiger partial charge is 0.481 e. The first-order valence-electron chi connectivity index (χ1n) is 7.09. The molecule has 0 aromatic carbocycles. The van der Waals surface area contributed by atoms with Crippen molar-refractivity contribution < 1.29 is 14.7 Å². The summed E-state index contributed by atoms with van der Waals surface area (Å²) in [4.78, 5) is 22.2. The molecular formula is C14H25NO3. The van der Waals surface area contributed by atoms with Crippen molar-refractivity contribution in [2.45, 2.75) is 58.3 Å². The van der Waals surface area contributed by atoms with E-state index in [2.05, 4.69) is 12.2 Å². The monoisotopic (exact) mass is 255 g/mol. The Morgan fingerprint density at radius 3 is 2.67 bits per heavy atom. The van der Waals surface area contributed by atoms with Crippen LogP contribution in [-0.2, 0) is 9.59 Å². The van der Waals surface area contributed by atoms with E-state index in [9.17, 15) is 9.59 Å². The van der Waals surface area contributed by atoms with Crippen molar-refractivity contribution in [1.29, 1.82) is 0 Å². The van der Waals surface area contributed by atoms with Crippen LogP contribution in [0.4, 0.5) is 0 Å². The van der Waals surface area contributed by atoms with Crippen molar-refractivity contribution >= 4 is 11.9 Å². The number of hydrogen-bond donors (Lipinski definition) is 2. The lowest BCUT2D eigenvalue weighted by Gasteiger charge is -2.25. The number of hydrogen-bond acceptors (Lipinski definition) is 2. The molecule has 1 aliphatic carbocycles. The summed E-state index contributed by atoms with van der Waals surface area (Å²) in [6.45, 7) is 2.90. The average Bonchev–Trinajstić information content (AvgIpc) is 2.33. The molecule has 18 heavy (non-hydrogen) atoms. The van der Waals surface area contributed by atoms with E-state index in [1.165, 1.54) is 6.42 Å². The van der Waals surface area contributed by atoms with E-state index in [0.29, 0.717) is 18.9 Å². The number of unbranched alkanes of at least 4 members (excludes halogenated alkanes) is 2. The van der Waals surface area contributed by atoms with Gasteiger partial charge in [0, 0.05) is 18.9 Å². The summed E-state index contributed by atoms with van der Waals surface area (Å²) >= 11 is 0. The first-order valence-corrected chi connectivity index (χ1v) is 7.09. The van der Waals surface area contributed by atoms with Gasteiger partial charge >= 0.3 is 5.97 Å². The SMILES string of the molecule is C[C@@H]1CCC[C@@H](C(=O)NCCCCCC(=O)O)C1. The molecule has 2 N–H and O–H groups in total. The summed E-state index contributed by atoms with van der Waals surface area (Å²) in [5.74, 6) is 0.327. The molecule has 0 spiro atoms. The van der Waals surface area contributed by atoms with E-state index in [1.807, 2.05) is 0 Å². The van der Waals surface area contributed by atoms with Gasteiger partial charge < -0.3 is 10.4 Å². The van der Waals surface area contributed by atoms with Gasteiger partial charge in [-0.05, 0) is 31.6 Å². The summed E-state index contributed by atoms with van der Waals surface area (Å²) in [5, 5.41) is 11.5. The Hall–Kier alpha value is -1.06. The fourth-order valence-electron chi connectivity index (χ4n) is 2.61. The van der Waals surface area contributed by atoms with Crippen LogP contribution in [0.3, 0.4) is 0 Å². The second kappa shape index (κ2) is 8.11. The molecule has 4 nitrogen and oxygen atoms in total. The molecule has 1 rings (SSSR count). The van der Waals surface area contributed by atoms with Crippen LogP contribution in [0.2, 0.25) is 0 Å². The topological polar surface area (TPSA) is 66.4 Å². The van der Waals surface area contributed by atoms with Gasteiger partial charge in [0.25, 0.3) is 0 Å². The van der Waals surface area contributed by atoms with Gasteiger partial charge in [-0.25, -0.2) is 0 Å². The van der Waals surface area contributed by atoms with Crippen molar-refractivity contribution in [2.75, 3.05) is 6.54 Å². The van der Waals surface area contributed by atoms with Crippen molar-refractivity contribution in [1.82, 2.24) is 5.32 Å². The summed E-state index contributed by atoms with van der Waals surface area (Å²) in [6, 6.07) is 0. The van der Waals surface area contributed by atoms with Crippen molar-refractivity contribution in [2.24, 2.45) is 11.8 Å². The van der Waals surface area contributed by atoms with Gasteiger partial charge in [0.05, 0.1) is 0 Å². The highest BCUT2D eigenvalue weighted by Crippen LogP contribution is 2.28. The lowest BCUT2D eigenvalue weighted by Crippen LogP contribution is -2.34. The molecule has 0 heterocycles. The summed E-state index contributed by atoms with van der Waals surface area (Å²) in [5.41, 5.74) is 0. The molecule has 0 saturated heterocycles. The number of aliphatic carboxylic acids is 1. The maximum absolute atomic E-state index is 11.9. The molecule has 1 aliphatic rings. The van der Waals surface area contributed by atoms with Gasteiger partial charge in [-0.1, -0.05) is 26.2 Å². The quantitative estimate of drug-likeness (QED) is 0.687. The minimum atomic E-state index is -0.741. The first-order chi connectivity index (χ1) is 8.59. The smallest absolute Gasteiger partial charge is 0.303 e. The van der Waals surface area contributed by atoms with Crippen LogP contribution in [0.1, 0.15) is 58.3 Å². The molecule has 4 heteroatoms. The van der Waals surface area contributed by atoms with Crippen molar-refractivity contribution in [3.63, 3.8) is 0 Å². The van der Waals surface area contributed by atoms with Crippen LogP contribution < -0.4 is 5.32 Å². The zero-order valence-electron chi connectivity index (χ0n) is 11.3. The molecule has 104 valence electrons. The number of carbonyl (C=O) groups is 2. The Morgan fingerprint density at radius 2 is 2.00 bits per heavy atom. The molecule has 0 aromatic rings. The Morgan fingerprint density at radius 1 is 1.22 bits per heavy atom. The molecule has 0 aliphatic heterocycles. The maximum atomic E-state index is 11.9. The lowest BCUT2D eigenvalue weighted by molar-refractivity contribution is -0.137. The van der Waals surface area contributed by atoms with Crippen LogP contribution in [0, 0.1) is 11.8 Å². The normalized spacial score (nSPS) is 23.6. The van der Waals surface area contributed by atoms with Gasteiger partial charge in [0.2, 0.25) is 5.91 Å². The predicted octanol–water partition coefficient (Wildman–Crippen LogP) is 2.57. The lowest BCUT2D eigenvalue weighted by atomic mass is 9.82. The third kappa shape index (κ3) is 6.03. The van der Waals surface area contributed by atoms with Crippen LogP contribution >= 0.6 is 0 Å². The average molecular weight is 255 g/mol. The van der Waals surface area contributed by atoms with Crippen LogP contribution in [-0.4, -0.2) is 23.5 Å². The molecule has 0 unspecified atom stereocenters. The molecule has 0 aromatic heterocycles. The Balaban J connectivity index is 2.04. The van der Waals surface area contributed by atoms with E-state index in [0.717, 1.165) is 32.1 Å². The van der Waals surface area contributed by atoms with Gasteiger partial charge in [0.1, 0.15) is 0 Å². The number of rotatable bonds is 7. The zero-order chi connectivity index (χ0) is 13.4. The van der Waals surface area contributed by atoms with Crippen molar-refractivity contribution in [3.8, 4) is 0 Å². The molecule has 1 amide bonds. The highest BCUT2D eigenvalue weighted by atomic mass is 16.4. The molecule has 1 saturated carbocycles. The Kier molecular flexibility index (Phi) is 6.76. The molecule has 0 bridgehead atoms. The fourth-order valence-corrected chi connectivity index (χ4v) is 2.61. The van der Waals surface area contributed by atoms with Gasteiger partial charge in [-0.3, -0.25) is 9.59 Å². The summed E-state index contributed by atoms with van der Waals surface area (Å²) in [7, 11) is 0. The highest BCUT2D eigenvalue weighted by molar-refractivity contribution is 5.78. The van der Waals surface area contributed by atoms with E-state index in [4.69, 9.17) is 5.11 Å². The number of carboxylic acid groups (broad SMARTS) is 1. The molecular weight excluding hydrogens is 230 g/mol. The number of nitrogens with one attached hydrogen (secondary N) is 1. The van der Waals surface area contributed by atoms with Gasteiger partial charge in [0.15, 0.2) is 0 Å². The number of amides is 1. The standard InChI is InChI=1S/C14H25NO3/c1-11-6-5-7-12(10-11)14(18)15-9-4-2-3-8-13(16)17/h11-12H,2-10H2,1H3,(H,15,18)(H,16,17)/t11-,12-/m1/s1. The van der Waals surface area contributed by atoms with E-state index >= 15 is 0 Å². The minimum absolute atomic E-state index is 0.194. The molecule has 0 radical (unpaired) electrons. The Labute approximate surface area is 109 Å². The van der Waals surface area contributed by atoms with Crippen LogP contribution in [0.25, 0.3) is 0 Å². The van der Waals surface area contributed by atoms with Crippen LogP contribution in [0.15, 0.2) is 0 Å². The maximum Gasteiger partial charge on any atom is 0.303 e. The Bertz CT molecular complexity index is 278. The third-order valence-electron chi connectivity index (χ3n) is 3.67. The van der Waals surface area contributed by atoms with Crippen LogP contribution in [0.5, 0.6) is 0 Å². The summed E-state index contributed by atoms with van der Waals surface area (Å²) in [6.07, 6.45) is 7.13. The number of carboxylic acids is 1. The van der Waals surface area contributed by atoms with E-state index < -0.39 is 5.97 Å². The van der Waals surface area contributed by atoms with E-state index in [-0.39, 0.29) is 18.2 Å². The van der Waals surface area contributed by atoms with Gasteiger partial charge in [-0.2, -0.15) is 0 Å². The minimum Gasteiger partial charge on any atom is -0.481 e.